The second-order valence-corrected chi connectivity index (χ2v) is 18.3. The summed E-state index contributed by atoms with van der Waals surface area (Å²) >= 11 is 0. The van der Waals surface area contributed by atoms with Crippen molar-refractivity contribution in [3.05, 3.63) is 0 Å². The molecule has 0 saturated carbocycles. The van der Waals surface area contributed by atoms with Crippen LogP contribution in [0.4, 0.5) is 0 Å². The van der Waals surface area contributed by atoms with Crippen molar-refractivity contribution in [1.82, 2.24) is 0 Å². The van der Waals surface area contributed by atoms with Gasteiger partial charge >= 0.3 is 17.9 Å². The van der Waals surface area contributed by atoms with E-state index in [1.165, 1.54) is 186 Å². The molecule has 0 fully saturated rings. The van der Waals surface area contributed by atoms with Crippen molar-refractivity contribution < 1.29 is 28.6 Å². The molecule has 0 N–H and O–H groups in total. The minimum absolute atomic E-state index is 0.0628. The second-order valence-electron chi connectivity index (χ2n) is 18.3. The van der Waals surface area contributed by atoms with E-state index >= 15 is 0 Å². The maximum absolute atomic E-state index is 12.8. The molecule has 0 aromatic carbocycles. The van der Waals surface area contributed by atoms with E-state index in [0.29, 0.717) is 19.3 Å². The van der Waals surface area contributed by atoms with Crippen LogP contribution in [0.25, 0.3) is 0 Å². The molecule has 0 spiro atoms. The van der Waals surface area contributed by atoms with Gasteiger partial charge in [0.1, 0.15) is 13.2 Å². The van der Waals surface area contributed by atoms with Gasteiger partial charge in [-0.1, -0.05) is 252 Å². The molecule has 0 radical (unpaired) electrons. The Morgan fingerprint density at radius 2 is 0.569 bits per heavy atom. The minimum Gasteiger partial charge on any atom is -0.462 e. The molecule has 0 aromatic rings. The van der Waals surface area contributed by atoms with Crippen LogP contribution in [0.3, 0.4) is 0 Å². The lowest BCUT2D eigenvalue weighted by atomic mass is 10.0. The van der Waals surface area contributed by atoms with Gasteiger partial charge in [0.2, 0.25) is 0 Å². The first kappa shape index (κ1) is 56.4. The van der Waals surface area contributed by atoms with Gasteiger partial charge < -0.3 is 14.2 Å². The normalized spacial score (nSPS) is 11.9. The van der Waals surface area contributed by atoms with Crippen LogP contribution in [0.2, 0.25) is 0 Å². The molecule has 1 atom stereocenters. The van der Waals surface area contributed by atoms with Gasteiger partial charge in [0.05, 0.1) is 0 Å². The first-order valence-electron chi connectivity index (χ1n) is 25.9. The average Bonchev–Trinajstić information content (AvgIpc) is 3.21. The molecule has 0 aliphatic heterocycles. The number of carbonyl (C=O) groups excluding carboxylic acids is 3. The van der Waals surface area contributed by atoms with Crippen molar-refractivity contribution >= 4 is 17.9 Å². The third-order valence-electron chi connectivity index (χ3n) is 11.8. The highest BCUT2D eigenvalue weighted by Crippen LogP contribution is 2.17. The van der Waals surface area contributed by atoms with E-state index in [0.717, 1.165) is 63.7 Å². The van der Waals surface area contributed by atoms with Crippen molar-refractivity contribution in [1.29, 1.82) is 0 Å². The third-order valence-corrected chi connectivity index (χ3v) is 11.8. The Morgan fingerprint density at radius 3 is 0.845 bits per heavy atom. The van der Waals surface area contributed by atoms with Gasteiger partial charge in [-0.3, -0.25) is 14.4 Å². The molecule has 0 unspecified atom stereocenters. The van der Waals surface area contributed by atoms with Crippen molar-refractivity contribution in [3.63, 3.8) is 0 Å². The van der Waals surface area contributed by atoms with Crippen molar-refractivity contribution in [2.75, 3.05) is 13.2 Å². The van der Waals surface area contributed by atoms with Crippen molar-refractivity contribution in [3.8, 4) is 0 Å². The lowest BCUT2D eigenvalue weighted by Gasteiger charge is -2.18. The number of unbranched alkanes of at least 4 members (excludes halogenated alkanes) is 34. The molecular formula is C52H100O6. The summed E-state index contributed by atoms with van der Waals surface area (Å²) in [6.07, 6.45) is 48.0. The molecule has 0 bridgehead atoms. The summed E-state index contributed by atoms with van der Waals surface area (Å²) < 4.78 is 16.8. The number of ether oxygens (including phenoxy) is 3. The standard InChI is InChI=1S/C52H100O6/c1-5-7-9-11-13-15-17-19-21-23-27-31-35-39-43-50(53)56-46-49(47-57-51(54)44-40-36-32-29-25-26-30-34-38-42-48(3)4)58-52(55)45-41-37-33-28-24-22-20-18-16-14-12-10-8-6-2/h48-49H,5-47H2,1-4H3/t49-/m1/s1. The van der Waals surface area contributed by atoms with E-state index in [9.17, 15) is 14.4 Å². The molecule has 0 rings (SSSR count). The molecular weight excluding hydrogens is 721 g/mol. The summed E-state index contributed by atoms with van der Waals surface area (Å²) in [5, 5.41) is 0. The highest BCUT2D eigenvalue weighted by molar-refractivity contribution is 5.71. The first-order valence-corrected chi connectivity index (χ1v) is 25.9. The molecule has 344 valence electrons. The van der Waals surface area contributed by atoms with Crippen LogP contribution in [-0.4, -0.2) is 37.2 Å². The van der Waals surface area contributed by atoms with Crippen LogP contribution in [-0.2, 0) is 28.6 Å². The summed E-state index contributed by atoms with van der Waals surface area (Å²) in [4.78, 5) is 37.9. The largest absolute Gasteiger partial charge is 0.462 e. The monoisotopic (exact) mass is 821 g/mol. The SMILES string of the molecule is CCCCCCCCCCCCCCCCC(=O)OC[C@H](COC(=O)CCCCCCCCCCCC(C)C)OC(=O)CCCCCCCCCCCCCCCC. The highest BCUT2D eigenvalue weighted by atomic mass is 16.6. The maximum Gasteiger partial charge on any atom is 0.306 e. The Hall–Kier alpha value is -1.59. The number of carbonyl (C=O) groups is 3. The topological polar surface area (TPSA) is 78.9 Å². The summed E-state index contributed by atoms with van der Waals surface area (Å²) in [5.41, 5.74) is 0. The molecule has 0 aliphatic rings. The third kappa shape index (κ3) is 45.5. The van der Waals surface area contributed by atoms with E-state index in [1.54, 1.807) is 0 Å². The van der Waals surface area contributed by atoms with E-state index < -0.39 is 6.10 Å². The predicted octanol–water partition coefficient (Wildman–Crippen LogP) is 16.7. The molecule has 58 heavy (non-hydrogen) atoms. The van der Waals surface area contributed by atoms with Gasteiger partial charge in [-0.25, -0.2) is 0 Å². The molecule has 6 heteroatoms. The zero-order chi connectivity index (χ0) is 42.4. The molecule has 0 saturated heterocycles. The van der Waals surface area contributed by atoms with Crippen molar-refractivity contribution in [2.24, 2.45) is 5.92 Å². The lowest BCUT2D eigenvalue weighted by molar-refractivity contribution is -0.167. The molecule has 0 aromatic heterocycles. The summed E-state index contributed by atoms with van der Waals surface area (Å²) in [7, 11) is 0. The molecule has 0 aliphatic carbocycles. The second kappa shape index (κ2) is 46.5. The Morgan fingerprint density at radius 1 is 0.328 bits per heavy atom. The molecule has 6 nitrogen and oxygen atoms in total. The van der Waals surface area contributed by atoms with Crippen LogP contribution < -0.4 is 0 Å². The first-order chi connectivity index (χ1) is 28.4. The van der Waals surface area contributed by atoms with Gasteiger partial charge in [-0.2, -0.15) is 0 Å². The summed E-state index contributed by atoms with van der Waals surface area (Å²) in [5.74, 6) is -0.0361. The van der Waals surface area contributed by atoms with Crippen LogP contribution in [0, 0.1) is 5.92 Å². The van der Waals surface area contributed by atoms with Gasteiger partial charge in [-0.15, -0.1) is 0 Å². The molecule has 0 heterocycles. The number of hydrogen-bond donors (Lipinski definition) is 0. The number of hydrogen-bond acceptors (Lipinski definition) is 6. The molecule has 0 amide bonds. The van der Waals surface area contributed by atoms with E-state index in [2.05, 4.69) is 27.7 Å². The smallest absolute Gasteiger partial charge is 0.306 e. The summed E-state index contributed by atoms with van der Waals surface area (Å²) in [6, 6.07) is 0. The van der Waals surface area contributed by atoms with Gasteiger partial charge in [-0.05, 0) is 25.2 Å². The fourth-order valence-electron chi connectivity index (χ4n) is 7.86. The Balaban J connectivity index is 4.31. The Labute approximate surface area is 361 Å². The van der Waals surface area contributed by atoms with Crippen LogP contribution in [0.15, 0.2) is 0 Å². The van der Waals surface area contributed by atoms with E-state index in [-0.39, 0.29) is 31.1 Å². The minimum atomic E-state index is -0.760. The van der Waals surface area contributed by atoms with Gasteiger partial charge in [0.25, 0.3) is 0 Å². The Bertz CT molecular complexity index is 872. The lowest BCUT2D eigenvalue weighted by Crippen LogP contribution is -2.30. The number of rotatable bonds is 47. The zero-order valence-corrected chi connectivity index (χ0v) is 39.5. The Kier molecular flexibility index (Phi) is 45.2. The van der Waals surface area contributed by atoms with Crippen molar-refractivity contribution in [2.45, 2.75) is 297 Å². The van der Waals surface area contributed by atoms with Crippen LogP contribution in [0.5, 0.6) is 0 Å². The van der Waals surface area contributed by atoms with Gasteiger partial charge in [0.15, 0.2) is 6.10 Å². The summed E-state index contributed by atoms with van der Waals surface area (Å²) in [6.45, 7) is 9.01. The average molecular weight is 821 g/mol. The van der Waals surface area contributed by atoms with Crippen LogP contribution >= 0.6 is 0 Å². The quantitative estimate of drug-likeness (QED) is 0.0346. The highest BCUT2D eigenvalue weighted by Gasteiger charge is 2.19. The fourth-order valence-corrected chi connectivity index (χ4v) is 7.86. The van der Waals surface area contributed by atoms with Gasteiger partial charge in [0, 0.05) is 19.3 Å². The van der Waals surface area contributed by atoms with Crippen LogP contribution in [0.1, 0.15) is 291 Å². The van der Waals surface area contributed by atoms with E-state index in [4.69, 9.17) is 14.2 Å². The number of esters is 3. The zero-order valence-electron chi connectivity index (χ0n) is 39.5. The predicted molar refractivity (Wildman–Crippen MR) is 247 cm³/mol. The fraction of sp³-hybridized carbons (Fsp3) is 0.942. The van der Waals surface area contributed by atoms with E-state index in [1.807, 2.05) is 0 Å². The maximum atomic E-state index is 12.8.